The number of aromatic nitrogens is 3. The molecule has 32 heavy (non-hydrogen) atoms. The highest BCUT2D eigenvalue weighted by Crippen LogP contribution is 2.31. The summed E-state index contributed by atoms with van der Waals surface area (Å²) in [7, 11) is 7.10. The van der Waals surface area contributed by atoms with E-state index in [4.69, 9.17) is 4.74 Å². The van der Waals surface area contributed by atoms with Crippen LogP contribution in [0.3, 0.4) is 0 Å². The highest BCUT2D eigenvalue weighted by molar-refractivity contribution is 7.07. The first-order valence-corrected chi connectivity index (χ1v) is 10.9. The summed E-state index contributed by atoms with van der Waals surface area (Å²) in [4.78, 5) is 33.4. The van der Waals surface area contributed by atoms with Crippen molar-refractivity contribution in [1.29, 1.82) is 0 Å². The number of hydrogen-bond donors (Lipinski definition) is 0. The molecule has 0 N–H and O–H groups in total. The molecule has 3 aromatic rings. The van der Waals surface area contributed by atoms with Crippen molar-refractivity contribution in [1.82, 2.24) is 14.3 Å². The standard InChI is InChI=1S/C23H25N5O3S/c1-13-16(12-27(5)25-13)11-18-21(29)28-20(15-7-9-17(10-8-15)26(3)4)19(22(30)31-6)14(2)24-23(28)32-18/h7-12,20H,1-6H3/b18-11+/t20-/m0/s1. The van der Waals surface area contributed by atoms with Crippen LogP contribution in [0, 0.1) is 6.92 Å². The van der Waals surface area contributed by atoms with Gasteiger partial charge in [-0.1, -0.05) is 23.5 Å². The molecule has 0 bridgehead atoms. The van der Waals surface area contributed by atoms with Crippen molar-refractivity contribution >= 4 is 29.1 Å². The van der Waals surface area contributed by atoms with Crippen LogP contribution in [-0.2, 0) is 16.6 Å². The van der Waals surface area contributed by atoms with E-state index in [0.717, 1.165) is 22.5 Å². The van der Waals surface area contributed by atoms with Crippen LogP contribution >= 0.6 is 11.3 Å². The summed E-state index contributed by atoms with van der Waals surface area (Å²) >= 11 is 1.30. The van der Waals surface area contributed by atoms with Crippen molar-refractivity contribution in [2.24, 2.45) is 12.0 Å². The fraction of sp³-hybridized carbons (Fsp3) is 0.304. The molecule has 4 rings (SSSR count). The minimum Gasteiger partial charge on any atom is -0.466 e. The van der Waals surface area contributed by atoms with Gasteiger partial charge in [-0.25, -0.2) is 9.79 Å². The predicted molar refractivity (Wildman–Crippen MR) is 124 cm³/mol. The molecule has 166 valence electrons. The van der Waals surface area contributed by atoms with E-state index in [-0.39, 0.29) is 5.56 Å². The average molecular weight is 452 g/mol. The minimum absolute atomic E-state index is 0.201. The van der Waals surface area contributed by atoms with Crippen LogP contribution in [0.25, 0.3) is 6.08 Å². The number of allylic oxidation sites excluding steroid dienone is 1. The van der Waals surface area contributed by atoms with Crippen molar-refractivity contribution in [2.75, 3.05) is 26.1 Å². The molecule has 1 aromatic carbocycles. The number of ether oxygens (including phenoxy) is 1. The smallest absolute Gasteiger partial charge is 0.338 e. The average Bonchev–Trinajstić information content (AvgIpc) is 3.24. The molecule has 1 atom stereocenters. The van der Waals surface area contributed by atoms with Gasteiger partial charge in [-0.2, -0.15) is 5.10 Å². The van der Waals surface area contributed by atoms with Gasteiger partial charge in [0.15, 0.2) is 4.80 Å². The monoisotopic (exact) mass is 451 g/mol. The maximum absolute atomic E-state index is 13.5. The second kappa shape index (κ2) is 8.23. The maximum atomic E-state index is 13.5. The maximum Gasteiger partial charge on any atom is 0.338 e. The number of thiazole rings is 1. The summed E-state index contributed by atoms with van der Waals surface area (Å²) < 4.78 is 8.89. The van der Waals surface area contributed by atoms with E-state index in [0.29, 0.717) is 20.6 Å². The predicted octanol–water partition coefficient (Wildman–Crippen LogP) is 1.52. The Bertz CT molecular complexity index is 1410. The van der Waals surface area contributed by atoms with Crippen LogP contribution in [0.4, 0.5) is 5.69 Å². The lowest BCUT2D eigenvalue weighted by atomic mass is 9.95. The van der Waals surface area contributed by atoms with E-state index >= 15 is 0 Å². The molecule has 0 saturated heterocycles. The molecule has 9 heteroatoms. The normalized spacial score (nSPS) is 16.1. The minimum atomic E-state index is -0.618. The third-order valence-electron chi connectivity index (χ3n) is 5.49. The van der Waals surface area contributed by atoms with E-state index in [1.165, 1.54) is 18.4 Å². The zero-order valence-electron chi connectivity index (χ0n) is 18.9. The number of hydrogen-bond acceptors (Lipinski definition) is 7. The Hall–Kier alpha value is -3.46. The lowest BCUT2D eigenvalue weighted by Gasteiger charge is -2.25. The lowest BCUT2D eigenvalue weighted by Crippen LogP contribution is -2.39. The van der Waals surface area contributed by atoms with Crippen LogP contribution in [-0.4, -0.2) is 41.5 Å². The molecule has 0 radical (unpaired) electrons. The van der Waals surface area contributed by atoms with Gasteiger partial charge in [0.2, 0.25) is 0 Å². The summed E-state index contributed by atoms with van der Waals surface area (Å²) in [6.45, 7) is 3.67. The molecule has 0 fully saturated rings. The largest absolute Gasteiger partial charge is 0.466 e. The molecule has 0 spiro atoms. The van der Waals surface area contributed by atoms with Gasteiger partial charge < -0.3 is 9.64 Å². The first-order chi connectivity index (χ1) is 15.2. The van der Waals surface area contributed by atoms with Gasteiger partial charge in [0.1, 0.15) is 0 Å². The number of fused-ring (bicyclic) bond motifs is 1. The van der Waals surface area contributed by atoms with Gasteiger partial charge in [-0.05, 0) is 37.6 Å². The van der Waals surface area contributed by atoms with E-state index in [1.54, 1.807) is 16.2 Å². The summed E-state index contributed by atoms with van der Waals surface area (Å²) in [5.41, 5.74) is 4.25. The zero-order valence-corrected chi connectivity index (χ0v) is 19.7. The fourth-order valence-corrected chi connectivity index (χ4v) is 4.90. The van der Waals surface area contributed by atoms with Gasteiger partial charge in [0.25, 0.3) is 5.56 Å². The number of aryl methyl sites for hydroxylation is 2. The Labute approximate surface area is 189 Å². The number of carbonyl (C=O) groups is 1. The SMILES string of the molecule is COC(=O)C1=C(C)N=c2s/c(=C/c3cn(C)nc3C)c(=O)n2[C@H]1c1ccc(N(C)C)cc1. The molecule has 1 aliphatic rings. The van der Waals surface area contributed by atoms with E-state index < -0.39 is 12.0 Å². The summed E-state index contributed by atoms with van der Waals surface area (Å²) in [5.74, 6) is -0.495. The molecule has 0 saturated carbocycles. The molecular formula is C23H25N5O3S. The number of esters is 1. The van der Waals surface area contributed by atoms with Gasteiger partial charge in [0.05, 0.1) is 34.6 Å². The third-order valence-corrected chi connectivity index (χ3v) is 6.47. The van der Waals surface area contributed by atoms with E-state index in [2.05, 4.69) is 10.1 Å². The molecule has 8 nitrogen and oxygen atoms in total. The van der Waals surface area contributed by atoms with Crippen molar-refractivity contribution in [3.8, 4) is 0 Å². The number of carbonyl (C=O) groups excluding carboxylic acids is 1. The lowest BCUT2D eigenvalue weighted by molar-refractivity contribution is -0.136. The van der Waals surface area contributed by atoms with E-state index in [9.17, 15) is 9.59 Å². The molecule has 1 aliphatic heterocycles. The van der Waals surface area contributed by atoms with Gasteiger partial charge in [0, 0.05) is 38.6 Å². The van der Waals surface area contributed by atoms with Crippen LogP contribution in [0.15, 0.2) is 51.5 Å². The van der Waals surface area contributed by atoms with Crippen molar-refractivity contribution in [3.63, 3.8) is 0 Å². The van der Waals surface area contributed by atoms with Gasteiger partial charge >= 0.3 is 5.97 Å². The number of methoxy groups -OCH3 is 1. The summed E-state index contributed by atoms with van der Waals surface area (Å²) in [6.07, 6.45) is 3.70. The van der Waals surface area contributed by atoms with Crippen LogP contribution in [0.2, 0.25) is 0 Å². The topological polar surface area (TPSA) is 81.7 Å². The highest BCUT2D eigenvalue weighted by Gasteiger charge is 2.33. The van der Waals surface area contributed by atoms with Crippen LogP contribution < -0.4 is 19.8 Å². The van der Waals surface area contributed by atoms with Crippen molar-refractivity contribution in [2.45, 2.75) is 19.9 Å². The number of nitrogens with zero attached hydrogens (tertiary/aromatic N) is 5. The van der Waals surface area contributed by atoms with E-state index in [1.807, 2.05) is 69.5 Å². The third kappa shape index (κ3) is 3.69. The summed E-state index contributed by atoms with van der Waals surface area (Å²) in [6, 6.07) is 7.18. The van der Waals surface area contributed by atoms with Crippen LogP contribution in [0.5, 0.6) is 0 Å². The van der Waals surface area contributed by atoms with Gasteiger partial charge in [-0.3, -0.25) is 14.0 Å². The highest BCUT2D eigenvalue weighted by atomic mass is 32.1. The second-order valence-corrected chi connectivity index (χ2v) is 8.91. The summed E-state index contributed by atoms with van der Waals surface area (Å²) in [5, 5.41) is 4.35. The Morgan fingerprint density at radius 3 is 2.47 bits per heavy atom. The quantitative estimate of drug-likeness (QED) is 0.562. The Kier molecular flexibility index (Phi) is 5.60. The molecule has 2 aromatic heterocycles. The Morgan fingerprint density at radius 2 is 1.91 bits per heavy atom. The Balaban J connectivity index is 1.96. The first kappa shape index (κ1) is 21.8. The van der Waals surface area contributed by atoms with Crippen LogP contribution in [0.1, 0.15) is 29.8 Å². The molecular weight excluding hydrogens is 426 g/mol. The van der Waals surface area contributed by atoms with Crippen molar-refractivity contribution in [3.05, 3.63) is 78.2 Å². The number of benzene rings is 1. The molecule has 0 amide bonds. The number of anilines is 1. The number of rotatable bonds is 4. The van der Waals surface area contributed by atoms with Gasteiger partial charge in [-0.15, -0.1) is 0 Å². The van der Waals surface area contributed by atoms with Crippen molar-refractivity contribution < 1.29 is 9.53 Å². The molecule has 0 aliphatic carbocycles. The first-order valence-electron chi connectivity index (χ1n) is 10.1. The molecule has 0 unspecified atom stereocenters. The zero-order chi connectivity index (χ0) is 23.2. The molecule has 3 heterocycles. The Morgan fingerprint density at radius 1 is 1.22 bits per heavy atom. The second-order valence-electron chi connectivity index (χ2n) is 7.90. The fourth-order valence-electron chi connectivity index (χ4n) is 3.86.